The van der Waals surface area contributed by atoms with Crippen molar-refractivity contribution in [3.63, 3.8) is 0 Å². The topological polar surface area (TPSA) is 82.0 Å². The molecule has 0 saturated carbocycles. The molecule has 0 amide bonds. The van der Waals surface area contributed by atoms with Crippen molar-refractivity contribution in [2.75, 3.05) is 11.1 Å². The van der Waals surface area contributed by atoms with Crippen LogP contribution < -0.4 is 22.3 Å². The molecule has 3 N–H and O–H groups in total. The normalized spacial score (nSPS) is 12.4. The lowest BCUT2D eigenvalue weighted by Gasteiger charge is -2.18. The molecule has 0 radical (unpaired) electrons. The Kier molecular flexibility index (Phi) is 4.58. The first-order valence-electron chi connectivity index (χ1n) is 6.29. The molecule has 1 rings (SSSR count). The summed E-state index contributed by atoms with van der Waals surface area (Å²) in [6.07, 6.45) is 1.65. The van der Waals surface area contributed by atoms with Crippen LogP contribution in [0.2, 0.25) is 0 Å². The molecule has 0 fully saturated rings. The Hall–Kier alpha value is -1.72. The largest absolute Gasteiger partial charge is 0.383 e. The molecule has 0 aliphatic carbocycles. The Balaban J connectivity index is 3.42. The van der Waals surface area contributed by atoms with Gasteiger partial charge in [-0.2, -0.15) is 0 Å². The summed E-state index contributed by atoms with van der Waals surface area (Å²) >= 11 is 0. The molecule has 1 unspecified atom stereocenters. The smallest absolute Gasteiger partial charge is 0.332 e. The van der Waals surface area contributed by atoms with Gasteiger partial charge >= 0.3 is 5.69 Å². The monoisotopic (exact) mass is 254 g/mol. The van der Waals surface area contributed by atoms with Gasteiger partial charge in [0.1, 0.15) is 11.5 Å². The van der Waals surface area contributed by atoms with E-state index in [0.717, 1.165) is 17.4 Å². The predicted molar refractivity (Wildman–Crippen MR) is 74.0 cm³/mol. The minimum Gasteiger partial charge on any atom is -0.383 e. The first-order chi connectivity index (χ1) is 8.43. The quantitative estimate of drug-likeness (QED) is 0.812. The van der Waals surface area contributed by atoms with E-state index in [1.54, 1.807) is 0 Å². The van der Waals surface area contributed by atoms with Gasteiger partial charge in [0.05, 0.1) is 0 Å². The number of anilines is 2. The Morgan fingerprint density at radius 1 is 1.33 bits per heavy atom. The van der Waals surface area contributed by atoms with E-state index < -0.39 is 0 Å². The Morgan fingerprint density at radius 2 is 1.94 bits per heavy atom. The number of nitrogens with zero attached hydrogens (tertiary/aromatic N) is 2. The Bertz CT molecular complexity index is 530. The summed E-state index contributed by atoms with van der Waals surface area (Å²) in [7, 11) is 1.47. The standard InChI is InChI=1S/C12H22N4O2/c1-5-7-16-10(13)9(14-8(3)6-2)11(17)15(4)12(16)18/h8,14H,5-7,13H2,1-4H3. The lowest BCUT2D eigenvalue weighted by molar-refractivity contribution is 0.598. The molecular formula is C12H22N4O2. The van der Waals surface area contributed by atoms with Gasteiger partial charge in [-0.1, -0.05) is 13.8 Å². The molecule has 102 valence electrons. The maximum absolute atomic E-state index is 12.0. The number of hydrogen-bond donors (Lipinski definition) is 2. The van der Waals surface area contributed by atoms with Gasteiger partial charge in [-0.3, -0.25) is 13.9 Å². The summed E-state index contributed by atoms with van der Waals surface area (Å²) in [4.78, 5) is 24.0. The fourth-order valence-electron chi connectivity index (χ4n) is 1.71. The van der Waals surface area contributed by atoms with Crippen LogP contribution in [0.15, 0.2) is 9.59 Å². The number of nitrogen functional groups attached to an aromatic ring is 1. The molecule has 1 aromatic heterocycles. The number of rotatable bonds is 5. The predicted octanol–water partition coefficient (Wildman–Crippen LogP) is 0.750. The fraction of sp³-hybridized carbons (Fsp3) is 0.667. The number of nitrogens with two attached hydrogens (primary N) is 1. The number of aromatic nitrogens is 2. The van der Waals surface area contributed by atoms with Gasteiger partial charge in [-0.15, -0.1) is 0 Å². The molecular weight excluding hydrogens is 232 g/mol. The maximum atomic E-state index is 12.0. The zero-order valence-corrected chi connectivity index (χ0v) is 11.5. The van der Waals surface area contributed by atoms with Crippen LogP contribution in [0.1, 0.15) is 33.6 Å². The fourth-order valence-corrected chi connectivity index (χ4v) is 1.71. The van der Waals surface area contributed by atoms with E-state index in [0.29, 0.717) is 12.2 Å². The van der Waals surface area contributed by atoms with Gasteiger partial charge in [0.25, 0.3) is 5.56 Å². The van der Waals surface area contributed by atoms with E-state index in [9.17, 15) is 9.59 Å². The van der Waals surface area contributed by atoms with Crippen molar-refractivity contribution in [2.45, 2.75) is 46.2 Å². The van der Waals surface area contributed by atoms with E-state index in [4.69, 9.17) is 5.73 Å². The summed E-state index contributed by atoms with van der Waals surface area (Å²) in [5.41, 5.74) is 5.51. The highest BCUT2D eigenvalue weighted by Crippen LogP contribution is 2.13. The Labute approximate surface area is 106 Å². The summed E-state index contributed by atoms with van der Waals surface area (Å²) < 4.78 is 2.53. The zero-order chi connectivity index (χ0) is 13.9. The van der Waals surface area contributed by atoms with Crippen LogP contribution in [-0.2, 0) is 13.6 Å². The zero-order valence-electron chi connectivity index (χ0n) is 11.5. The van der Waals surface area contributed by atoms with Crippen molar-refractivity contribution in [3.05, 3.63) is 20.8 Å². The second kappa shape index (κ2) is 5.75. The molecule has 1 aromatic rings. The second-order valence-corrected chi connectivity index (χ2v) is 4.51. The molecule has 0 bridgehead atoms. The molecule has 0 aromatic carbocycles. The molecule has 18 heavy (non-hydrogen) atoms. The maximum Gasteiger partial charge on any atom is 0.332 e. The van der Waals surface area contributed by atoms with Crippen LogP contribution in [0.3, 0.4) is 0 Å². The van der Waals surface area contributed by atoms with Crippen LogP contribution >= 0.6 is 0 Å². The van der Waals surface area contributed by atoms with E-state index in [-0.39, 0.29) is 23.1 Å². The molecule has 6 heteroatoms. The summed E-state index contributed by atoms with van der Waals surface area (Å²) in [6, 6.07) is 0.132. The SMILES string of the molecule is CCCn1c(N)c(NC(C)CC)c(=O)n(C)c1=O. The van der Waals surface area contributed by atoms with Crippen LogP contribution in [0.25, 0.3) is 0 Å². The van der Waals surface area contributed by atoms with Crippen molar-refractivity contribution >= 4 is 11.5 Å². The highest BCUT2D eigenvalue weighted by Gasteiger charge is 2.15. The average Bonchev–Trinajstić information content (AvgIpc) is 2.37. The van der Waals surface area contributed by atoms with Crippen molar-refractivity contribution in [2.24, 2.45) is 7.05 Å². The van der Waals surface area contributed by atoms with Crippen LogP contribution in [0.5, 0.6) is 0 Å². The minimum atomic E-state index is -0.370. The number of nitrogens with one attached hydrogen (secondary N) is 1. The minimum absolute atomic E-state index is 0.132. The summed E-state index contributed by atoms with van der Waals surface area (Å²) in [6.45, 7) is 6.45. The highest BCUT2D eigenvalue weighted by molar-refractivity contribution is 5.61. The van der Waals surface area contributed by atoms with Crippen molar-refractivity contribution in [1.29, 1.82) is 0 Å². The van der Waals surface area contributed by atoms with Crippen molar-refractivity contribution < 1.29 is 0 Å². The average molecular weight is 254 g/mol. The molecule has 6 nitrogen and oxygen atoms in total. The van der Waals surface area contributed by atoms with E-state index in [1.165, 1.54) is 11.6 Å². The first kappa shape index (κ1) is 14.3. The molecule has 1 atom stereocenters. The van der Waals surface area contributed by atoms with E-state index >= 15 is 0 Å². The third kappa shape index (κ3) is 2.57. The van der Waals surface area contributed by atoms with Gasteiger partial charge < -0.3 is 11.1 Å². The first-order valence-corrected chi connectivity index (χ1v) is 6.29. The third-order valence-electron chi connectivity index (χ3n) is 3.03. The Morgan fingerprint density at radius 3 is 2.44 bits per heavy atom. The molecule has 0 aliphatic rings. The lowest BCUT2D eigenvalue weighted by atomic mass is 10.2. The van der Waals surface area contributed by atoms with Crippen LogP contribution in [0, 0.1) is 0 Å². The highest BCUT2D eigenvalue weighted by atomic mass is 16.2. The summed E-state index contributed by atoms with van der Waals surface area (Å²) in [5, 5.41) is 3.08. The van der Waals surface area contributed by atoms with E-state index in [1.807, 2.05) is 20.8 Å². The third-order valence-corrected chi connectivity index (χ3v) is 3.03. The van der Waals surface area contributed by atoms with Gasteiger partial charge in [-0.25, -0.2) is 4.79 Å². The number of hydrogen-bond acceptors (Lipinski definition) is 4. The molecule has 0 aliphatic heterocycles. The summed E-state index contributed by atoms with van der Waals surface area (Å²) in [5.74, 6) is 0.227. The van der Waals surface area contributed by atoms with Crippen LogP contribution in [-0.4, -0.2) is 15.2 Å². The van der Waals surface area contributed by atoms with Gasteiger partial charge in [0, 0.05) is 19.6 Å². The van der Waals surface area contributed by atoms with Crippen LogP contribution in [0.4, 0.5) is 11.5 Å². The molecule has 0 spiro atoms. The van der Waals surface area contributed by atoms with Gasteiger partial charge in [0.15, 0.2) is 0 Å². The second-order valence-electron chi connectivity index (χ2n) is 4.51. The molecule has 1 heterocycles. The van der Waals surface area contributed by atoms with E-state index in [2.05, 4.69) is 5.32 Å². The van der Waals surface area contributed by atoms with Crippen molar-refractivity contribution in [1.82, 2.24) is 9.13 Å². The lowest BCUT2D eigenvalue weighted by Crippen LogP contribution is -2.41. The van der Waals surface area contributed by atoms with Gasteiger partial charge in [-0.05, 0) is 19.8 Å². The van der Waals surface area contributed by atoms with Crippen molar-refractivity contribution in [3.8, 4) is 0 Å². The van der Waals surface area contributed by atoms with Gasteiger partial charge in [0.2, 0.25) is 0 Å². The molecule has 0 saturated heterocycles.